The molecule has 7 heteroatoms. The van der Waals surface area contributed by atoms with E-state index in [2.05, 4.69) is 10.2 Å². The quantitative estimate of drug-likeness (QED) is 0.898. The predicted octanol–water partition coefficient (Wildman–Crippen LogP) is 1.99. The van der Waals surface area contributed by atoms with Crippen LogP contribution in [0.1, 0.15) is 10.4 Å². The number of carbonyl (C=O) groups is 2. The first-order valence-electron chi connectivity index (χ1n) is 8.90. The molecule has 0 bridgehead atoms. The van der Waals surface area contributed by atoms with Crippen molar-refractivity contribution >= 4 is 23.2 Å². The molecule has 1 saturated heterocycles. The van der Waals surface area contributed by atoms with Crippen molar-refractivity contribution < 1.29 is 19.1 Å². The second kappa shape index (κ2) is 7.19. The minimum Gasteiger partial charge on any atom is -0.496 e. The Bertz CT molecular complexity index is 875. The third kappa shape index (κ3) is 3.28. The molecule has 0 aliphatic carbocycles. The lowest BCUT2D eigenvalue weighted by molar-refractivity contribution is -0.118. The van der Waals surface area contributed by atoms with E-state index in [0.717, 1.165) is 5.69 Å². The number of nitrogens with one attached hydrogen (secondary N) is 1. The second-order valence-electron chi connectivity index (χ2n) is 6.47. The third-order valence-electron chi connectivity index (χ3n) is 4.86. The zero-order valence-electron chi connectivity index (χ0n) is 15.1. The molecular weight excluding hydrogens is 346 g/mol. The van der Waals surface area contributed by atoms with Gasteiger partial charge in [0.15, 0.2) is 12.4 Å². The normalized spacial score (nSPS) is 16.3. The Labute approximate surface area is 157 Å². The van der Waals surface area contributed by atoms with Crippen LogP contribution in [0.25, 0.3) is 0 Å². The van der Waals surface area contributed by atoms with Gasteiger partial charge in [0.1, 0.15) is 5.75 Å². The number of anilines is 2. The largest absolute Gasteiger partial charge is 0.496 e. The van der Waals surface area contributed by atoms with E-state index in [1.54, 1.807) is 19.2 Å². The molecule has 0 spiro atoms. The molecule has 2 aromatic carbocycles. The summed E-state index contributed by atoms with van der Waals surface area (Å²) >= 11 is 0. The lowest BCUT2D eigenvalue weighted by Gasteiger charge is -2.37. The number of ether oxygens (including phenoxy) is 2. The Morgan fingerprint density at radius 1 is 1.07 bits per heavy atom. The van der Waals surface area contributed by atoms with Crippen molar-refractivity contribution in [3.63, 3.8) is 0 Å². The Balaban J connectivity index is 1.48. The maximum absolute atomic E-state index is 12.8. The molecule has 1 fully saturated rings. The van der Waals surface area contributed by atoms with Crippen LogP contribution in [0.15, 0.2) is 42.5 Å². The molecule has 0 saturated carbocycles. The van der Waals surface area contributed by atoms with Crippen LogP contribution < -0.4 is 19.7 Å². The molecule has 0 radical (unpaired) electrons. The summed E-state index contributed by atoms with van der Waals surface area (Å²) in [5.41, 5.74) is 2.21. The number of piperazine rings is 1. The Morgan fingerprint density at radius 3 is 2.63 bits per heavy atom. The number of fused-ring (bicyclic) bond motifs is 1. The summed E-state index contributed by atoms with van der Waals surface area (Å²) in [4.78, 5) is 28.4. The fraction of sp³-hybridized carbons (Fsp3) is 0.300. The number of rotatable bonds is 3. The molecule has 1 N–H and O–H groups in total. The Kier molecular flexibility index (Phi) is 4.58. The van der Waals surface area contributed by atoms with Crippen molar-refractivity contribution in [2.24, 2.45) is 0 Å². The van der Waals surface area contributed by atoms with Crippen LogP contribution in [-0.2, 0) is 4.79 Å². The fourth-order valence-corrected chi connectivity index (χ4v) is 3.49. The van der Waals surface area contributed by atoms with Gasteiger partial charge in [0.05, 0.1) is 24.0 Å². The van der Waals surface area contributed by atoms with Gasteiger partial charge in [-0.15, -0.1) is 0 Å². The molecule has 2 amide bonds. The van der Waals surface area contributed by atoms with Gasteiger partial charge in [0.2, 0.25) is 0 Å². The zero-order chi connectivity index (χ0) is 18.8. The molecule has 7 nitrogen and oxygen atoms in total. The van der Waals surface area contributed by atoms with Crippen molar-refractivity contribution in [1.82, 2.24) is 4.90 Å². The molecular formula is C20H21N3O4. The monoisotopic (exact) mass is 367 g/mol. The molecule has 2 heterocycles. The highest BCUT2D eigenvalue weighted by Gasteiger charge is 2.27. The number of hydrogen-bond donors (Lipinski definition) is 1. The predicted molar refractivity (Wildman–Crippen MR) is 102 cm³/mol. The first kappa shape index (κ1) is 17.2. The molecule has 0 atom stereocenters. The highest BCUT2D eigenvalue weighted by atomic mass is 16.5. The summed E-state index contributed by atoms with van der Waals surface area (Å²) in [6.07, 6.45) is 0. The summed E-state index contributed by atoms with van der Waals surface area (Å²) in [6, 6.07) is 13.0. The highest BCUT2D eigenvalue weighted by Crippen LogP contribution is 2.38. The Hall–Kier alpha value is -3.22. The standard InChI is InChI=1S/C20H21N3O4/c1-26-17-8-3-2-5-14(17)20(25)23-11-9-22(10-12-23)16-7-4-6-15-19(16)27-13-18(24)21-15/h2-8H,9-13H2,1H3,(H,21,24). The van der Waals surface area contributed by atoms with E-state index in [9.17, 15) is 9.59 Å². The first-order chi connectivity index (χ1) is 13.2. The molecule has 2 aromatic rings. The van der Waals surface area contributed by atoms with Crippen molar-refractivity contribution in [1.29, 1.82) is 0 Å². The third-order valence-corrected chi connectivity index (χ3v) is 4.86. The molecule has 140 valence electrons. The molecule has 0 aromatic heterocycles. The lowest BCUT2D eigenvalue weighted by Crippen LogP contribution is -2.49. The van der Waals surface area contributed by atoms with Gasteiger partial charge in [-0.2, -0.15) is 0 Å². The van der Waals surface area contributed by atoms with Gasteiger partial charge in [0.25, 0.3) is 11.8 Å². The summed E-state index contributed by atoms with van der Waals surface area (Å²) in [5.74, 6) is 1.12. The Morgan fingerprint density at radius 2 is 1.85 bits per heavy atom. The van der Waals surface area contributed by atoms with E-state index >= 15 is 0 Å². The minimum atomic E-state index is -0.146. The number of hydrogen-bond acceptors (Lipinski definition) is 5. The maximum Gasteiger partial charge on any atom is 0.262 e. The average Bonchev–Trinajstić information content (AvgIpc) is 2.72. The van der Waals surface area contributed by atoms with E-state index in [4.69, 9.17) is 9.47 Å². The van der Waals surface area contributed by atoms with Crippen LogP contribution in [0, 0.1) is 0 Å². The van der Waals surface area contributed by atoms with Crippen molar-refractivity contribution in [3.8, 4) is 11.5 Å². The van der Waals surface area contributed by atoms with E-state index in [0.29, 0.717) is 48.9 Å². The molecule has 2 aliphatic rings. The number of amides is 2. The van der Waals surface area contributed by atoms with Crippen molar-refractivity contribution in [3.05, 3.63) is 48.0 Å². The zero-order valence-corrected chi connectivity index (χ0v) is 15.1. The fourth-order valence-electron chi connectivity index (χ4n) is 3.49. The number of carbonyl (C=O) groups excluding carboxylic acids is 2. The summed E-state index contributed by atoms with van der Waals surface area (Å²) in [7, 11) is 1.57. The van der Waals surface area contributed by atoms with Crippen LogP contribution in [0.5, 0.6) is 11.5 Å². The van der Waals surface area contributed by atoms with E-state index in [-0.39, 0.29) is 18.4 Å². The van der Waals surface area contributed by atoms with Crippen molar-refractivity contribution in [2.45, 2.75) is 0 Å². The number of nitrogens with zero attached hydrogens (tertiary/aromatic N) is 2. The first-order valence-corrected chi connectivity index (χ1v) is 8.90. The van der Waals surface area contributed by atoms with Crippen LogP contribution in [0.3, 0.4) is 0 Å². The van der Waals surface area contributed by atoms with Gasteiger partial charge in [-0.05, 0) is 24.3 Å². The van der Waals surface area contributed by atoms with Crippen LogP contribution >= 0.6 is 0 Å². The van der Waals surface area contributed by atoms with Gasteiger partial charge >= 0.3 is 0 Å². The van der Waals surface area contributed by atoms with Gasteiger partial charge in [-0.3, -0.25) is 9.59 Å². The van der Waals surface area contributed by atoms with Crippen LogP contribution in [0.4, 0.5) is 11.4 Å². The van der Waals surface area contributed by atoms with Gasteiger partial charge < -0.3 is 24.6 Å². The smallest absolute Gasteiger partial charge is 0.262 e. The van der Waals surface area contributed by atoms with Gasteiger partial charge in [-0.25, -0.2) is 0 Å². The second-order valence-corrected chi connectivity index (χ2v) is 6.47. The van der Waals surface area contributed by atoms with E-state index in [1.807, 2.05) is 35.2 Å². The average molecular weight is 367 g/mol. The van der Waals surface area contributed by atoms with Crippen molar-refractivity contribution in [2.75, 3.05) is 50.1 Å². The highest BCUT2D eigenvalue weighted by molar-refractivity contribution is 5.98. The lowest BCUT2D eigenvalue weighted by atomic mass is 10.1. The van der Waals surface area contributed by atoms with Gasteiger partial charge in [0, 0.05) is 26.2 Å². The summed E-state index contributed by atoms with van der Waals surface area (Å²) in [5, 5.41) is 2.83. The SMILES string of the molecule is COc1ccccc1C(=O)N1CCN(c2cccc3c2OCC(=O)N3)CC1. The molecule has 27 heavy (non-hydrogen) atoms. The number of methoxy groups -OCH3 is 1. The van der Waals surface area contributed by atoms with E-state index < -0.39 is 0 Å². The maximum atomic E-state index is 12.8. The number of para-hydroxylation sites is 2. The summed E-state index contributed by atoms with van der Waals surface area (Å²) < 4.78 is 11.0. The minimum absolute atomic E-state index is 0.0225. The van der Waals surface area contributed by atoms with E-state index in [1.165, 1.54) is 0 Å². The topological polar surface area (TPSA) is 71.1 Å². The molecule has 4 rings (SSSR count). The van der Waals surface area contributed by atoms with Crippen LogP contribution in [0.2, 0.25) is 0 Å². The van der Waals surface area contributed by atoms with Gasteiger partial charge in [-0.1, -0.05) is 18.2 Å². The molecule has 0 unspecified atom stereocenters. The number of benzene rings is 2. The summed E-state index contributed by atoms with van der Waals surface area (Å²) in [6.45, 7) is 2.61. The molecule has 2 aliphatic heterocycles. The van der Waals surface area contributed by atoms with Crippen LogP contribution in [-0.4, -0.2) is 56.6 Å².